The molecule has 0 aliphatic carbocycles. The van der Waals surface area contributed by atoms with Gasteiger partial charge in [0.25, 0.3) is 0 Å². The van der Waals surface area contributed by atoms with E-state index in [0.29, 0.717) is 26.9 Å². The summed E-state index contributed by atoms with van der Waals surface area (Å²) in [5.74, 6) is 0. The molecule has 0 aliphatic heterocycles. The molecule has 0 N–H and O–H groups in total. The van der Waals surface area contributed by atoms with E-state index in [1.165, 1.54) is 11.1 Å². The summed E-state index contributed by atoms with van der Waals surface area (Å²) in [5, 5.41) is 1.60. The van der Waals surface area contributed by atoms with E-state index in [1.807, 2.05) is 0 Å². The molecule has 1 aromatic carbocycles. The predicted octanol–water partition coefficient (Wildman–Crippen LogP) is 4.65. The predicted molar refractivity (Wildman–Crippen MR) is 78.8 cm³/mol. The van der Waals surface area contributed by atoms with Crippen LogP contribution in [0.2, 0.25) is 5.02 Å². The van der Waals surface area contributed by atoms with Gasteiger partial charge in [-0.15, -0.1) is 0 Å². The van der Waals surface area contributed by atoms with Crippen molar-refractivity contribution in [3.05, 3.63) is 35.5 Å². The van der Waals surface area contributed by atoms with Crippen LogP contribution in [0.1, 0.15) is 0 Å². The molecule has 7 heteroatoms. The molecule has 0 bridgehead atoms. The van der Waals surface area contributed by atoms with Gasteiger partial charge in [-0.2, -0.15) is 13.2 Å². The van der Waals surface area contributed by atoms with E-state index in [1.54, 1.807) is 24.3 Å². The summed E-state index contributed by atoms with van der Waals surface area (Å²) in [7, 11) is 0. The number of nitrogens with zero attached hydrogens (tertiary/aromatic N) is 2. The van der Waals surface area contributed by atoms with Crippen LogP contribution in [0.25, 0.3) is 10.9 Å². The van der Waals surface area contributed by atoms with Gasteiger partial charge in [0.2, 0.25) is 0 Å². The number of anilines is 1. The van der Waals surface area contributed by atoms with Crippen molar-refractivity contribution in [1.82, 2.24) is 4.98 Å². The van der Waals surface area contributed by atoms with E-state index in [0.717, 1.165) is 0 Å². The Bertz CT molecular complexity index is 604. The fourth-order valence-corrected chi connectivity index (χ4v) is 2.58. The molecule has 2 nitrogen and oxygen atoms in total. The van der Waals surface area contributed by atoms with Gasteiger partial charge in [0.1, 0.15) is 6.54 Å². The normalized spacial score (nSPS) is 11.8. The van der Waals surface area contributed by atoms with Gasteiger partial charge in [-0.25, -0.2) is 0 Å². The molecule has 108 valence electrons. The minimum atomic E-state index is -4.26. The second-order valence-corrected chi connectivity index (χ2v) is 5.45. The molecule has 0 radical (unpaired) electrons. The summed E-state index contributed by atoms with van der Waals surface area (Å²) in [4.78, 5) is 5.42. The number of fused-ring (bicyclic) bond motifs is 1. The Balaban J connectivity index is 2.47. The minimum absolute atomic E-state index is 0.251. The van der Waals surface area contributed by atoms with Gasteiger partial charge in [0.15, 0.2) is 0 Å². The third-order valence-corrected chi connectivity index (χ3v) is 3.34. The number of halogens is 5. The molecule has 2 rings (SSSR count). The molecule has 0 amide bonds. The lowest BCUT2D eigenvalue weighted by molar-refractivity contribution is -0.119. The highest BCUT2D eigenvalue weighted by Gasteiger charge is 2.31. The molecule has 2 aromatic rings. The average molecular weight is 368 g/mol. The number of alkyl halides is 4. The highest BCUT2D eigenvalue weighted by molar-refractivity contribution is 9.09. The summed E-state index contributed by atoms with van der Waals surface area (Å²) in [5.41, 5.74) is 1.08. The first-order chi connectivity index (χ1) is 9.40. The van der Waals surface area contributed by atoms with Crippen molar-refractivity contribution in [3.8, 4) is 0 Å². The fourth-order valence-electron chi connectivity index (χ4n) is 1.99. The molecule has 0 atom stereocenters. The van der Waals surface area contributed by atoms with E-state index >= 15 is 0 Å². The van der Waals surface area contributed by atoms with Crippen molar-refractivity contribution in [1.29, 1.82) is 0 Å². The quantitative estimate of drug-likeness (QED) is 0.731. The zero-order valence-electron chi connectivity index (χ0n) is 10.3. The van der Waals surface area contributed by atoms with Crippen LogP contribution in [0.4, 0.5) is 18.9 Å². The van der Waals surface area contributed by atoms with Crippen LogP contribution in [-0.4, -0.2) is 29.6 Å². The second-order valence-electron chi connectivity index (χ2n) is 4.22. The van der Waals surface area contributed by atoms with Crippen LogP contribution in [-0.2, 0) is 0 Å². The first-order valence-corrected chi connectivity index (χ1v) is 7.32. The Kier molecular flexibility index (Phi) is 4.75. The molecule has 20 heavy (non-hydrogen) atoms. The van der Waals surface area contributed by atoms with Gasteiger partial charge < -0.3 is 4.90 Å². The molecule has 0 spiro atoms. The first-order valence-electron chi connectivity index (χ1n) is 5.82. The summed E-state index contributed by atoms with van der Waals surface area (Å²) < 4.78 is 38.1. The van der Waals surface area contributed by atoms with Crippen molar-refractivity contribution >= 4 is 44.1 Å². The number of hydrogen-bond acceptors (Lipinski definition) is 2. The van der Waals surface area contributed by atoms with E-state index < -0.39 is 12.7 Å². The number of rotatable bonds is 4. The zero-order chi connectivity index (χ0) is 14.8. The Labute approximate surface area is 127 Å². The van der Waals surface area contributed by atoms with Crippen molar-refractivity contribution < 1.29 is 13.2 Å². The number of aromatic nitrogens is 1. The Morgan fingerprint density at radius 2 is 2.00 bits per heavy atom. The van der Waals surface area contributed by atoms with E-state index in [9.17, 15) is 13.2 Å². The molecule has 0 saturated heterocycles. The third-order valence-electron chi connectivity index (χ3n) is 2.75. The maximum atomic E-state index is 12.7. The SMILES string of the molecule is FC(F)(F)CN(CCBr)c1ccnc2cc(Cl)ccc12. The average Bonchev–Trinajstić information content (AvgIpc) is 2.35. The minimum Gasteiger partial charge on any atom is -0.361 e. The molecule has 0 unspecified atom stereocenters. The molecule has 0 aliphatic rings. The van der Waals surface area contributed by atoms with Crippen molar-refractivity contribution in [2.45, 2.75) is 6.18 Å². The van der Waals surface area contributed by atoms with Crippen LogP contribution in [0.15, 0.2) is 30.5 Å². The highest BCUT2D eigenvalue weighted by atomic mass is 79.9. The Morgan fingerprint density at radius 1 is 1.25 bits per heavy atom. The zero-order valence-corrected chi connectivity index (χ0v) is 12.6. The van der Waals surface area contributed by atoms with E-state index in [4.69, 9.17) is 11.6 Å². The highest BCUT2D eigenvalue weighted by Crippen LogP contribution is 2.29. The number of pyridine rings is 1. The molecule has 1 aromatic heterocycles. The van der Waals surface area contributed by atoms with Gasteiger partial charge in [0.05, 0.1) is 5.52 Å². The molecular formula is C13H11BrClF3N2. The largest absolute Gasteiger partial charge is 0.405 e. The smallest absolute Gasteiger partial charge is 0.361 e. The lowest BCUT2D eigenvalue weighted by Crippen LogP contribution is -2.35. The van der Waals surface area contributed by atoms with Crippen LogP contribution >= 0.6 is 27.5 Å². The van der Waals surface area contributed by atoms with E-state index in [-0.39, 0.29) is 6.54 Å². The van der Waals surface area contributed by atoms with Crippen LogP contribution < -0.4 is 4.90 Å². The van der Waals surface area contributed by atoms with Crippen LogP contribution in [0.3, 0.4) is 0 Å². The third kappa shape index (κ3) is 3.76. The maximum Gasteiger partial charge on any atom is 0.405 e. The van der Waals surface area contributed by atoms with Crippen molar-refractivity contribution in [2.75, 3.05) is 23.3 Å². The number of hydrogen-bond donors (Lipinski definition) is 0. The second kappa shape index (κ2) is 6.18. The maximum absolute atomic E-state index is 12.7. The summed E-state index contributed by atoms with van der Waals surface area (Å²) in [6.07, 6.45) is -2.77. The van der Waals surface area contributed by atoms with Gasteiger partial charge >= 0.3 is 6.18 Å². The monoisotopic (exact) mass is 366 g/mol. The Hall–Kier alpha value is -1.01. The summed E-state index contributed by atoms with van der Waals surface area (Å²) >= 11 is 9.06. The van der Waals surface area contributed by atoms with Gasteiger partial charge in [-0.3, -0.25) is 4.98 Å². The van der Waals surface area contributed by atoms with Crippen molar-refractivity contribution in [3.63, 3.8) is 0 Å². The summed E-state index contributed by atoms with van der Waals surface area (Å²) in [6, 6.07) is 6.57. The molecule has 0 fully saturated rings. The Morgan fingerprint density at radius 3 is 2.65 bits per heavy atom. The van der Waals surface area contributed by atoms with Crippen molar-refractivity contribution in [2.24, 2.45) is 0 Å². The molecule has 0 saturated carbocycles. The lowest BCUT2D eigenvalue weighted by Gasteiger charge is -2.26. The molecular weight excluding hydrogens is 357 g/mol. The number of benzene rings is 1. The van der Waals surface area contributed by atoms with Crippen LogP contribution in [0.5, 0.6) is 0 Å². The van der Waals surface area contributed by atoms with Gasteiger partial charge in [-0.05, 0) is 24.3 Å². The standard InChI is InChI=1S/C13H11BrClF3N2/c14-4-6-20(8-13(16,17)18)12-3-5-19-11-7-9(15)1-2-10(11)12/h1-3,5,7H,4,6,8H2. The first kappa shape index (κ1) is 15.4. The van der Waals surface area contributed by atoms with E-state index in [2.05, 4.69) is 20.9 Å². The summed E-state index contributed by atoms with van der Waals surface area (Å²) in [6.45, 7) is -0.748. The topological polar surface area (TPSA) is 16.1 Å². The van der Waals surface area contributed by atoms with Gasteiger partial charge in [0, 0.05) is 34.2 Å². The van der Waals surface area contributed by atoms with Gasteiger partial charge in [-0.1, -0.05) is 27.5 Å². The fraction of sp³-hybridized carbons (Fsp3) is 0.308. The molecule has 1 heterocycles. The lowest BCUT2D eigenvalue weighted by atomic mass is 10.1. The van der Waals surface area contributed by atoms with Crippen LogP contribution in [0, 0.1) is 0 Å².